The molecule has 0 aliphatic carbocycles. The average Bonchev–Trinajstić information content (AvgIpc) is 2.77. The van der Waals surface area contributed by atoms with Crippen molar-refractivity contribution in [1.29, 1.82) is 0 Å². The van der Waals surface area contributed by atoms with E-state index in [4.69, 9.17) is 14.2 Å². The van der Waals surface area contributed by atoms with Crippen molar-refractivity contribution in [2.45, 2.75) is 26.4 Å². The predicted molar refractivity (Wildman–Crippen MR) is 118 cm³/mol. The fraction of sp³-hybridized carbons (Fsp3) is 0.280. The van der Waals surface area contributed by atoms with Gasteiger partial charge < -0.3 is 14.2 Å². The Bertz CT molecular complexity index is 982. The van der Waals surface area contributed by atoms with E-state index in [-0.39, 0.29) is 5.97 Å². The van der Waals surface area contributed by atoms with Crippen LogP contribution in [0.4, 0.5) is 0 Å². The number of ether oxygens (including phenoxy) is 3. The second-order valence-corrected chi connectivity index (χ2v) is 6.69. The number of hydrogen-bond acceptors (Lipinski definition) is 5. The van der Waals surface area contributed by atoms with Gasteiger partial charge in [0, 0.05) is 18.4 Å². The summed E-state index contributed by atoms with van der Waals surface area (Å²) in [7, 11) is 0. The second-order valence-electron chi connectivity index (χ2n) is 6.69. The number of esters is 1. The van der Waals surface area contributed by atoms with Crippen LogP contribution in [-0.2, 0) is 20.7 Å². The van der Waals surface area contributed by atoms with Crippen LogP contribution in [0.2, 0.25) is 0 Å². The number of pyridine rings is 1. The minimum atomic E-state index is -0.584. The molecule has 156 valence electrons. The van der Waals surface area contributed by atoms with Crippen molar-refractivity contribution in [3.8, 4) is 5.75 Å². The van der Waals surface area contributed by atoms with Gasteiger partial charge in [0.15, 0.2) is 6.10 Å². The third-order valence-corrected chi connectivity index (χ3v) is 4.52. The molecule has 3 rings (SSSR count). The van der Waals surface area contributed by atoms with Crippen LogP contribution in [0.15, 0.2) is 66.7 Å². The number of carbonyl (C=O) groups is 1. The molecule has 0 spiro atoms. The highest BCUT2D eigenvalue weighted by Gasteiger charge is 2.20. The highest BCUT2D eigenvalue weighted by Crippen LogP contribution is 2.16. The first-order chi connectivity index (χ1) is 14.7. The zero-order valence-corrected chi connectivity index (χ0v) is 17.4. The van der Waals surface area contributed by atoms with Gasteiger partial charge in [-0.2, -0.15) is 0 Å². The Morgan fingerprint density at radius 2 is 1.80 bits per heavy atom. The average molecular weight is 405 g/mol. The smallest absolute Gasteiger partial charge is 0.335 e. The lowest BCUT2D eigenvalue weighted by Gasteiger charge is -2.15. The summed E-state index contributed by atoms with van der Waals surface area (Å²) >= 11 is 0. The summed E-state index contributed by atoms with van der Waals surface area (Å²) in [5.74, 6) is 0.436. The fourth-order valence-electron chi connectivity index (χ4n) is 3.07. The molecule has 0 aliphatic rings. The maximum atomic E-state index is 12.0. The summed E-state index contributed by atoms with van der Waals surface area (Å²) in [5, 5.41) is 1.13. The molecule has 0 fully saturated rings. The standard InChI is InChI=1S/C25H27NO4/c1-3-28-24(25(27)29-4-2)18-19-11-15-22(16-12-19)30-17-7-9-21-14-13-20-8-5-6-10-23(20)26-21/h5-16,24H,3-4,17-18H2,1-2H3/b9-7+/t24-/m0/s1. The van der Waals surface area contributed by atoms with Gasteiger partial charge in [0.1, 0.15) is 12.4 Å². The molecule has 0 amide bonds. The Labute approximate surface area is 177 Å². The minimum absolute atomic E-state index is 0.327. The van der Waals surface area contributed by atoms with Crippen LogP contribution in [0.5, 0.6) is 5.75 Å². The van der Waals surface area contributed by atoms with E-state index in [1.807, 2.05) is 73.7 Å². The van der Waals surface area contributed by atoms with Gasteiger partial charge in [-0.3, -0.25) is 0 Å². The zero-order valence-electron chi connectivity index (χ0n) is 17.4. The molecule has 0 unspecified atom stereocenters. The number of hydrogen-bond donors (Lipinski definition) is 0. The second kappa shape index (κ2) is 11.1. The lowest BCUT2D eigenvalue weighted by molar-refractivity contribution is -0.156. The summed E-state index contributed by atoms with van der Waals surface area (Å²) < 4.78 is 16.4. The number of fused-ring (bicyclic) bond motifs is 1. The molecule has 3 aromatic rings. The molecule has 0 saturated heterocycles. The maximum Gasteiger partial charge on any atom is 0.335 e. The molecule has 0 saturated carbocycles. The van der Waals surface area contributed by atoms with Gasteiger partial charge in [-0.15, -0.1) is 0 Å². The highest BCUT2D eigenvalue weighted by atomic mass is 16.6. The van der Waals surface area contributed by atoms with Crippen molar-refractivity contribution >= 4 is 22.9 Å². The van der Waals surface area contributed by atoms with Gasteiger partial charge in [-0.1, -0.05) is 36.4 Å². The lowest BCUT2D eigenvalue weighted by atomic mass is 10.1. The molecular formula is C25H27NO4. The summed E-state index contributed by atoms with van der Waals surface area (Å²) in [5.41, 5.74) is 2.86. The number of para-hydroxylation sites is 1. The summed E-state index contributed by atoms with van der Waals surface area (Å²) in [6.07, 6.45) is 3.78. The molecule has 1 heterocycles. The van der Waals surface area contributed by atoms with E-state index in [9.17, 15) is 4.79 Å². The van der Waals surface area contributed by atoms with E-state index < -0.39 is 6.10 Å². The molecule has 0 N–H and O–H groups in total. The monoisotopic (exact) mass is 405 g/mol. The Hall–Kier alpha value is -3.18. The van der Waals surface area contributed by atoms with Gasteiger partial charge in [0.05, 0.1) is 17.8 Å². The number of carbonyl (C=O) groups excluding carboxylic acids is 1. The molecule has 2 aromatic carbocycles. The van der Waals surface area contributed by atoms with E-state index in [0.717, 1.165) is 27.9 Å². The van der Waals surface area contributed by atoms with Crippen LogP contribution >= 0.6 is 0 Å². The fourth-order valence-corrected chi connectivity index (χ4v) is 3.07. The molecule has 0 radical (unpaired) electrons. The van der Waals surface area contributed by atoms with Crippen LogP contribution in [-0.4, -0.2) is 36.9 Å². The highest BCUT2D eigenvalue weighted by molar-refractivity contribution is 5.79. The number of aromatic nitrogens is 1. The molecule has 0 bridgehead atoms. The molecule has 5 heteroatoms. The van der Waals surface area contributed by atoms with Crippen LogP contribution < -0.4 is 4.74 Å². The minimum Gasteiger partial charge on any atom is -0.490 e. The van der Waals surface area contributed by atoms with E-state index >= 15 is 0 Å². The third kappa shape index (κ3) is 6.16. The van der Waals surface area contributed by atoms with Crippen molar-refractivity contribution in [1.82, 2.24) is 4.98 Å². The maximum absolute atomic E-state index is 12.0. The van der Waals surface area contributed by atoms with Gasteiger partial charge in [0.25, 0.3) is 0 Å². The predicted octanol–water partition coefficient (Wildman–Crippen LogP) is 4.84. The Morgan fingerprint density at radius 1 is 1.00 bits per heavy atom. The first-order valence-corrected chi connectivity index (χ1v) is 10.2. The van der Waals surface area contributed by atoms with E-state index in [1.54, 1.807) is 6.92 Å². The van der Waals surface area contributed by atoms with Gasteiger partial charge >= 0.3 is 5.97 Å². The van der Waals surface area contributed by atoms with Crippen LogP contribution in [0, 0.1) is 0 Å². The van der Waals surface area contributed by atoms with Crippen molar-refractivity contribution in [3.63, 3.8) is 0 Å². The lowest BCUT2D eigenvalue weighted by Crippen LogP contribution is -2.28. The van der Waals surface area contributed by atoms with E-state index in [2.05, 4.69) is 11.1 Å². The first-order valence-electron chi connectivity index (χ1n) is 10.2. The summed E-state index contributed by atoms with van der Waals surface area (Å²) in [4.78, 5) is 16.6. The molecule has 1 aromatic heterocycles. The van der Waals surface area contributed by atoms with Crippen LogP contribution in [0.25, 0.3) is 17.0 Å². The van der Waals surface area contributed by atoms with Crippen LogP contribution in [0.3, 0.4) is 0 Å². The molecule has 1 atom stereocenters. The van der Waals surface area contributed by atoms with E-state index in [0.29, 0.717) is 26.2 Å². The van der Waals surface area contributed by atoms with Crippen molar-refractivity contribution in [2.75, 3.05) is 19.8 Å². The van der Waals surface area contributed by atoms with Crippen molar-refractivity contribution < 1.29 is 19.0 Å². The van der Waals surface area contributed by atoms with Crippen LogP contribution in [0.1, 0.15) is 25.1 Å². The quantitative estimate of drug-likeness (QED) is 0.452. The van der Waals surface area contributed by atoms with Crippen molar-refractivity contribution in [3.05, 3.63) is 78.0 Å². The largest absolute Gasteiger partial charge is 0.490 e. The number of rotatable bonds is 10. The molecule has 5 nitrogen and oxygen atoms in total. The SMILES string of the molecule is CCOC(=O)[C@H](Cc1ccc(OC/C=C/c2ccc3ccccc3n2)cc1)OCC. The topological polar surface area (TPSA) is 57.7 Å². The molecule has 30 heavy (non-hydrogen) atoms. The van der Waals surface area contributed by atoms with Crippen molar-refractivity contribution in [2.24, 2.45) is 0 Å². The number of nitrogens with zero attached hydrogens (tertiary/aromatic N) is 1. The first kappa shape index (κ1) is 21.5. The normalized spacial score (nSPS) is 12.2. The molecular weight excluding hydrogens is 378 g/mol. The Morgan fingerprint density at radius 3 is 2.57 bits per heavy atom. The third-order valence-electron chi connectivity index (χ3n) is 4.52. The van der Waals surface area contributed by atoms with Gasteiger partial charge in [0.2, 0.25) is 0 Å². The van der Waals surface area contributed by atoms with E-state index in [1.165, 1.54) is 0 Å². The van der Waals surface area contributed by atoms with Gasteiger partial charge in [-0.05, 0) is 55.8 Å². The Kier molecular flexibility index (Phi) is 7.98. The zero-order chi connectivity index (χ0) is 21.2. The summed E-state index contributed by atoms with van der Waals surface area (Å²) in [6, 6.07) is 19.8. The molecule has 0 aliphatic heterocycles. The summed E-state index contributed by atoms with van der Waals surface area (Å²) in [6.45, 7) is 4.90. The Balaban J connectivity index is 1.52. The van der Waals surface area contributed by atoms with Gasteiger partial charge in [-0.25, -0.2) is 9.78 Å². The number of benzene rings is 2.